The normalized spacial score (nSPS) is 16.4. The smallest absolute Gasteiger partial charge is 0.257 e. The molecule has 216 valence electrons. The molecule has 10 heteroatoms. The fraction of sp³-hybridized carbons (Fsp3) is 0.355. The summed E-state index contributed by atoms with van der Waals surface area (Å²) in [4.78, 5) is 30.5. The average molecular weight is 580 g/mol. The molecule has 4 N–H and O–H groups in total. The Kier molecular flexibility index (Phi) is 8.77. The summed E-state index contributed by atoms with van der Waals surface area (Å²) in [6.07, 6.45) is 1.46. The van der Waals surface area contributed by atoms with Gasteiger partial charge in [-0.3, -0.25) is 9.59 Å². The summed E-state index contributed by atoms with van der Waals surface area (Å²) in [7, 11) is 2.09. The van der Waals surface area contributed by atoms with E-state index < -0.39 is 11.7 Å². The number of benzene rings is 3. The Hall–Kier alpha value is -3.66. The van der Waals surface area contributed by atoms with Crippen LogP contribution >= 0.6 is 11.6 Å². The Bertz CT molecular complexity index is 1430. The number of halogens is 2. The molecule has 0 radical (unpaired) electrons. The summed E-state index contributed by atoms with van der Waals surface area (Å²) >= 11 is 6.36. The van der Waals surface area contributed by atoms with Crippen LogP contribution in [0.4, 0.5) is 27.1 Å². The van der Waals surface area contributed by atoms with E-state index in [2.05, 4.69) is 27.5 Å². The first-order valence-electron chi connectivity index (χ1n) is 13.8. The van der Waals surface area contributed by atoms with Crippen LogP contribution in [0.1, 0.15) is 28.8 Å². The largest absolute Gasteiger partial charge is 0.396 e. The van der Waals surface area contributed by atoms with Gasteiger partial charge in [-0.15, -0.1) is 0 Å². The van der Waals surface area contributed by atoms with Crippen molar-refractivity contribution in [1.82, 2.24) is 4.90 Å². The fourth-order valence-corrected chi connectivity index (χ4v) is 5.46. The number of likely N-dealkylation sites (N-methyl/N-ethyl adjacent to an activating group) is 1. The number of anilines is 4. The van der Waals surface area contributed by atoms with E-state index >= 15 is 0 Å². The number of hydrogen-bond acceptors (Lipinski definition) is 6. The summed E-state index contributed by atoms with van der Waals surface area (Å²) in [5.41, 5.74) is 9.97. The summed E-state index contributed by atoms with van der Waals surface area (Å²) in [5.74, 6) is -1.12. The van der Waals surface area contributed by atoms with E-state index in [9.17, 15) is 14.0 Å². The maximum absolute atomic E-state index is 14.3. The van der Waals surface area contributed by atoms with Gasteiger partial charge >= 0.3 is 0 Å². The van der Waals surface area contributed by atoms with Gasteiger partial charge in [0.05, 0.1) is 27.6 Å². The lowest BCUT2D eigenvalue weighted by atomic mass is 9.99. The maximum Gasteiger partial charge on any atom is 0.257 e. The van der Waals surface area contributed by atoms with Crippen LogP contribution < -0.4 is 21.3 Å². The molecule has 0 saturated carbocycles. The second-order valence-corrected chi connectivity index (χ2v) is 11.1. The van der Waals surface area contributed by atoms with Crippen LogP contribution in [0, 0.1) is 18.7 Å². The van der Waals surface area contributed by atoms with Crippen LogP contribution in [-0.4, -0.2) is 63.2 Å². The lowest BCUT2D eigenvalue weighted by molar-refractivity contribution is -0.122. The molecule has 0 aromatic heterocycles. The van der Waals surface area contributed by atoms with Gasteiger partial charge in [0.15, 0.2) is 5.82 Å². The SMILES string of the molecule is Cc1c(F)c(N)cc(C(=O)Nc2cc(-c3ccc(NC(=O)C4CCOCC4)cc3)ccc2N2CCN(C)CC2)c1Cl. The van der Waals surface area contributed by atoms with Crippen molar-refractivity contribution in [1.29, 1.82) is 0 Å². The Morgan fingerprint density at radius 2 is 1.63 bits per heavy atom. The van der Waals surface area contributed by atoms with Gasteiger partial charge in [-0.25, -0.2) is 4.39 Å². The molecular weight excluding hydrogens is 545 g/mol. The van der Waals surface area contributed by atoms with Crippen molar-refractivity contribution in [2.75, 3.05) is 67.7 Å². The average Bonchev–Trinajstić information content (AvgIpc) is 2.99. The number of ether oxygens (including phenoxy) is 1. The zero-order valence-electron chi connectivity index (χ0n) is 23.3. The molecule has 2 aliphatic rings. The predicted molar refractivity (Wildman–Crippen MR) is 162 cm³/mol. The topological polar surface area (TPSA) is 99.9 Å². The summed E-state index contributed by atoms with van der Waals surface area (Å²) in [6.45, 7) is 6.14. The summed E-state index contributed by atoms with van der Waals surface area (Å²) < 4.78 is 19.6. The Morgan fingerprint density at radius 1 is 0.976 bits per heavy atom. The number of hydrogen-bond donors (Lipinski definition) is 3. The van der Waals surface area contributed by atoms with E-state index in [1.807, 2.05) is 42.5 Å². The molecule has 0 spiro atoms. The van der Waals surface area contributed by atoms with E-state index in [1.165, 1.54) is 13.0 Å². The number of rotatable bonds is 6. The van der Waals surface area contributed by atoms with Gasteiger partial charge in [-0.2, -0.15) is 0 Å². The first-order valence-corrected chi connectivity index (χ1v) is 14.2. The molecule has 5 rings (SSSR count). The molecule has 2 fully saturated rings. The van der Waals surface area contributed by atoms with Crippen LogP contribution in [-0.2, 0) is 9.53 Å². The molecule has 0 unspecified atom stereocenters. The van der Waals surface area contributed by atoms with Gasteiger partial charge in [-0.05, 0) is 68.3 Å². The zero-order chi connectivity index (χ0) is 29.1. The highest BCUT2D eigenvalue weighted by Gasteiger charge is 2.23. The number of amides is 2. The standard InChI is InChI=1S/C31H35ClFN5O3/c1-19-28(32)24(18-25(34)29(19)33)31(40)36-26-17-22(5-8-27(26)38-13-11-37(2)12-14-38)20-3-6-23(7-4-20)35-30(39)21-9-15-41-16-10-21/h3-8,17-18,21H,9-16,34H2,1-2H3,(H,35,39)(H,36,40). The quantitative estimate of drug-likeness (QED) is 0.338. The number of nitrogens with zero attached hydrogens (tertiary/aromatic N) is 2. The van der Waals surface area contributed by atoms with Crippen molar-refractivity contribution in [3.8, 4) is 11.1 Å². The fourth-order valence-electron chi connectivity index (χ4n) is 5.24. The van der Waals surface area contributed by atoms with Crippen LogP contribution in [0.5, 0.6) is 0 Å². The summed E-state index contributed by atoms with van der Waals surface area (Å²) in [5, 5.41) is 6.05. The van der Waals surface area contributed by atoms with Crippen molar-refractivity contribution >= 4 is 46.2 Å². The molecule has 2 heterocycles. The molecular formula is C31H35ClFN5O3. The Morgan fingerprint density at radius 3 is 2.32 bits per heavy atom. The lowest BCUT2D eigenvalue weighted by Crippen LogP contribution is -2.44. The van der Waals surface area contributed by atoms with Gasteiger partial charge in [0.1, 0.15) is 0 Å². The molecule has 0 bridgehead atoms. The number of piperazine rings is 1. The molecule has 3 aromatic carbocycles. The number of nitrogen functional groups attached to an aromatic ring is 1. The van der Waals surface area contributed by atoms with Gasteiger partial charge in [0.25, 0.3) is 5.91 Å². The van der Waals surface area contributed by atoms with Gasteiger partial charge < -0.3 is 30.9 Å². The van der Waals surface area contributed by atoms with E-state index in [-0.39, 0.29) is 33.7 Å². The van der Waals surface area contributed by atoms with Gasteiger partial charge in [0.2, 0.25) is 5.91 Å². The van der Waals surface area contributed by atoms with Gasteiger partial charge in [-0.1, -0.05) is 29.8 Å². The van der Waals surface area contributed by atoms with Gasteiger partial charge in [0, 0.05) is 56.6 Å². The number of carbonyl (C=O) groups excluding carboxylic acids is 2. The maximum atomic E-state index is 14.3. The molecule has 8 nitrogen and oxygen atoms in total. The number of carbonyl (C=O) groups is 2. The highest BCUT2D eigenvalue weighted by Crippen LogP contribution is 2.35. The van der Waals surface area contributed by atoms with E-state index in [0.29, 0.717) is 18.9 Å². The third-order valence-corrected chi connectivity index (χ3v) is 8.35. The van der Waals surface area contributed by atoms with E-state index in [0.717, 1.165) is 61.5 Å². The molecule has 3 aromatic rings. The highest BCUT2D eigenvalue weighted by atomic mass is 35.5. The third kappa shape index (κ3) is 6.48. The summed E-state index contributed by atoms with van der Waals surface area (Å²) in [6, 6.07) is 14.9. The minimum absolute atomic E-state index is 0.0119. The first kappa shape index (κ1) is 28.9. The minimum atomic E-state index is -0.626. The second-order valence-electron chi connectivity index (χ2n) is 10.7. The molecule has 2 saturated heterocycles. The Labute approximate surface area is 244 Å². The molecule has 0 aliphatic carbocycles. The Balaban J connectivity index is 1.41. The van der Waals surface area contributed by atoms with Crippen molar-refractivity contribution < 1.29 is 18.7 Å². The second kappa shape index (κ2) is 12.5. The van der Waals surface area contributed by atoms with E-state index in [4.69, 9.17) is 22.1 Å². The molecule has 2 aliphatic heterocycles. The van der Waals surface area contributed by atoms with Crippen molar-refractivity contribution in [2.24, 2.45) is 5.92 Å². The minimum Gasteiger partial charge on any atom is -0.396 e. The molecule has 41 heavy (non-hydrogen) atoms. The number of nitrogens with one attached hydrogen (secondary N) is 2. The number of nitrogens with two attached hydrogens (primary N) is 1. The van der Waals surface area contributed by atoms with Crippen LogP contribution in [0.2, 0.25) is 5.02 Å². The van der Waals surface area contributed by atoms with Crippen molar-refractivity contribution in [2.45, 2.75) is 19.8 Å². The lowest BCUT2D eigenvalue weighted by Gasteiger charge is -2.35. The zero-order valence-corrected chi connectivity index (χ0v) is 24.1. The highest BCUT2D eigenvalue weighted by molar-refractivity contribution is 6.35. The van der Waals surface area contributed by atoms with Crippen LogP contribution in [0.25, 0.3) is 11.1 Å². The van der Waals surface area contributed by atoms with Crippen molar-refractivity contribution in [3.63, 3.8) is 0 Å². The monoisotopic (exact) mass is 579 g/mol. The van der Waals surface area contributed by atoms with E-state index in [1.54, 1.807) is 0 Å². The van der Waals surface area contributed by atoms with Crippen LogP contribution in [0.15, 0.2) is 48.5 Å². The van der Waals surface area contributed by atoms with Crippen LogP contribution in [0.3, 0.4) is 0 Å². The van der Waals surface area contributed by atoms with Crippen molar-refractivity contribution in [3.05, 3.63) is 70.5 Å². The first-order chi connectivity index (χ1) is 19.7. The molecule has 0 atom stereocenters. The predicted octanol–water partition coefficient (Wildman–Crippen LogP) is 5.41. The molecule has 2 amide bonds. The third-order valence-electron chi connectivity index (χ3n) is 7.86.